The molecule has 0 bridgehead atoms. The van der Waals surface area contributed by atoms with Crippen LogP contribution in [0.5, 0.6) is 0 Å². The maximum Gasteiger partial charge on any atom is 0.327 e. The van der Waals surface area contributed by atoms with Gasteiger partial charge in [0.2, 0.25) is 6.10 Å². The first-order chi connectivity index (χ1) is 10.7. The van der Waals surface area contributed by atoms with Crippen molar-refractivity contribution in [3.05, 3.63) is 35.9 Å². The van der Waals surface area contributed by atoms with E-state index in [-0.39, 0.29) is 0 Å². The van der Waals surface area contributed by atoms with Crippen molar-refractivity contribution in [2.45, 2.75) is 25.5 Å². The first-order valence-corrected chi connectivity index (χ1v) is 6.90. The molecule has 1 aromatic rings. The van der Waals surface area contributed by atoms with Gasteiger partial charge in [-0.25, -0.2) is 4.79 Å². The summed E-state index contributed by atoms with van der Waals surface area (Å²) in [7, 11) is 0. The smallest absolute Gasteiger partial charge is 0.327 e. The maximum atomic E-state index is 12.0. The molecule has 1 aliphatic rings. The lowest BCUT2D eigenvalue weighted by molar-refractivity contribution is -0.157. The van der Waals surface area contributed by atoms with E-state index in [2.05, 4.69) is 5.32 Å². The van der Waals surface area contributed by atoms with E-state index in [1.165, 1.54) is 13.8 Å². The number of hydrogen-bond acceptors (Lipinski definition) is 5. The molecule has 0 aliphatic carbocycles. The molecule has 4 amide bonds. The summed E-state index contributed by atoms with van der Waals surface area (Å²) in [6, 6.07) is 7.54. The number of carbonyl (C=O) groups excluding carboxylic acids is 4. The zero-order valence-corrected chi connectivity index (χ0v) is 12.7. The van der Waals surface area contributed by atoms with E-state index < -0.39 is 42.0 Å². The average molecular weight is 319 g/mol. The van der Waals surface area contributed by atoms with Crippen LogP contribution >= 0.6 is 0 Å². The van der Waals surface area contributed by atoms with Gasteiger partial charge in [-0.15, -0.1) is 0 Å². The second kappa shape index (κ2) is 6.07. The van der Waals surface area contributed by atoms with Crippen molar-refractivity contribution in [1.29, 1.82) is 0 Å². The third-order valence-electron chi connectivity index (χ3n) is 3.34. The van der Waals surface area contributed by atoms with Crippen LogP contribution in [0, 0.1) is 0 Å². The van der Waals surface area contributed by atoms with Crippen molar-refractivity contribution < 1.29 is 23.9 Å². The van der Waals surface area contributed by atoms with Crippen LogP contribution in [0.25, 0.3) is 0 Å². The third-order valence-corrected chi connectivity index (χ3v) is 3.34. The Morgan fingerprint density at radius 2 is 1.87 bits per heavy atom. The average Bonchev–Trinajstić information content (AvgIpc) is 2.67. The molecule has 1 aliphatic heterocycles. The van der Waals surface area contributed by atoms with Gasteiger partial charge in [0.1, 0.15) is 12.1 Å². The molecule has 8 nitrogen and oxygen atoms in total. The first kappa shape index (κ1) is 16.5. The number of urea groups is 1. The van der Waals surface area contributed by atoms with Crippen LogP contribution < -0.4 is 11.1 Å². The normalized spacial score (nSPS) is 17.6. The lowest BCUT2D eigenvalue weighted by atomic mass is 10.1. The summed E-state index contributed by atoms with van der Waals surface area (Å²) in [4.78, 5) is 47.9. The number of primary amides is 1. The zero-order valence-electron chi connectivity index (χ0n) is 12.7. The van der Waals surface area contributed by atoms with E-state index in [1.54, 1.807) is 30.3 Å². The highest BCUT2D eigenvalue weighted by Gasteiger charge is 2.45. The minimum absolute atomic E-state index is 0.408. The molecule has 1 saturated heterocycles. The van der Waals surface area contributed by atoms with Crippen LogP contribution in [-0.2, 0) is 19.1 Å². The highest BCUT2D eigenvalue weighted by molar-refractivity contribution is 6.08. The van der Waals surface area contributed by atoms with Crippen molar-refractivity contribution in [3.8, 4) is 0 Å². The van der Waals surface area contributed by atoms with Crippen molar-refractivity contribution in [2.24, 2.45) is 5.73 Å². The van der Waals surface area contributed by atoms with Gasteiger partial charge in [-0.2, -0.15) is 0 Å². The van der Waals surface area contributed by atoms with E-state index in [4.69, 9.17) is 10.5 Å². The molecule has 3 N–H and O–H groups in total. The number of hydrogen-bond donors (Lipinski definition) is 2. The minimum Gasteiger partial charge on any atom is -0.446 e. The molecule has 23 heavy (non-hydrogen) atoms. The van der Waals surface area contributed by atoms with Gasteiger partial charge in [0.15, 0.2) is 0 Å². The van der Waals surface area contributed by atoms with Crippen LogP contribution in [0.1, 0.15) is 25.5 Å². The largest absolute Gasteiger partial charge is 0.446 e. The predicted octanol–water partition coefficient (Wildman–Crippen LogP) is 0.0866. The second-order valence-corrected chi connectivity index (χ2v) is 5.63. The van der Waals surface area contributed by atoms with Crippen molar-refractivity contribution in [2.75, 3.05) is 6.54 Å². The predicted molar refractivity (Wildman–Crippen MR) is 78.8 cm³/mol. The van der Waals surface area contributed by atoms with E-state index in [9.17, 15) is 19.2 Å². The van der Waals surface area contributed by atoms with E-state index in [0.717, 1.165) is 4.90 Å². The van der Waals surface area contributed by atoms with Gasteiger partial charge in [-0.1, -0.05) is 30.3 Å². The van der Waals surface area contributed by atoms with Gasteiger partial charge >= 0.3 is 12.0 Å². The van der Waals surface area contributed by atoms with Crippen LogP contribution in [0.3, 0.4) is 0 Å². The standard InChI is InChI=1S/C15H17N3O5/c1-15(2)13(21)18(14(22)17-15)8-10(19)23-11(12(16)20)9-6-4-3-5-7-9/h3-7,11H,8H2,1-2H3,(H2,16,20)(H,17,22). The lowest BCUT2D eigenvalue weighted by Gasteiger charge is -2.18. The molecule has 8 heteroatoms. The number of benzene rings is 1. The van der Waals surface area contributed by atoms with E-state index >= 15 is 0 Å². The number of nitrogens with zero attached hydrogens (tertiary/aromatic N) is 1. The van der Waals surface area contributed by atoms with Gasteiger partial charge in [-0.05, 0) is 13.8 Å². The molecule has 1 heterocycles. The van der Waals surface area contributed by atoms with E-state index in [0.29, 0.717) is 5.56 Å². The van der Waals surface area contributed by atoms with Crippen LogP contribution in [-0.4, -0.2) is 40.8 Å². The quantitative estimate of drug-likeness (QED) is 0.589. The Kier molecular flexibility index (Phi) is 4.35. The number of amides is 4. The Hall–Kier alpha value is -2.90. The molecule has 1 atom stereocenters. The number of esters is 1. The van der Waals surface area contributed by atoms with Gasteiger partial charge in [0.25, 0.3) is 11.8 Å². The summed E-state index contributed by atoms with van der Waals surface area (Å²) in [6.45, 7) is 2.45. The molecule has 2 rings (SSSR count). The topological polar surface area (TPSA) is 119 Å². The number of nitrogens with one attached hydrogen (secondary N) is 1. The Morgan fingerprint density at radius 1 is 1.26 bits per heavy atom. The van der Waals surface area contributed by atoms with Crippen LogP contribution in [0.15, 0.2) is 30.3 Å². The van der Waals surface area contributed by atoms with Crippen molar-refractivity contribution in [3.63, 3.8) is 0 Å². The fourth-order valence-corrected chi connectivity index (χ4v) is 2.18. The molecule has 1 fully saturated rings. The number of imide groups is 1. The minimum atomic E-state index is -1.28. The number of nitrogens with two attached hydrogens (primary N) is 1. The first-order valence-electron chi connectivity index (χ1n) is 6.90. The molecule has 0 saturated carbocycles. The van der Waals surface area contributed by atoms with Crippen molar-refractivity contribution >= 4 is 23.8 Å². The Balaban J connectivity index is 2.08. The van der Waals surface area contributed by atoms with Gasteiger partial charge in [0.05, 0.1) is 0 Å². The molecule has 1 aromatic carbocycles. The van der Waals surface area contributed by atoms with Gasteiger partial charge in [-0.3, -0.25) is 19.3 Å². The van der Waals surface area contributed by atoms with Crippen LogP contribution in [0.2, 0.25) is 0 Å². The molecule has 0 radical (unpaired) electrons. The number of ether oxygens (including phenoxy) is 1. The summed E-state index contributed by atoms with van der Waals surface area (Å²) in [6.07, 6.45) is -1.28. The number of carbonyl (C=O) groups is 4. The van der Waals surface area contributed by atoms with Crippen molar-refractivity contribution in [1.82, 2.24) is 10.2 Å². The molecular formula is C15H17N3O5. The summed E-state index contributed by atoms with van der Waals surface area (Å²) in [5.41, 5.74) is 4.57. The summed E-state index contributed by atoms with van der Waals surface area (Å²) in [5.74, 6) is -2.30. The molecular weight excluding hydrogens is 302 g/mol. The monoisotopic (exact) mass is 319 g/mol. The van der Waals surface area contributed by atoms with Gasteiger partial charge in [0, 0.05) is 5.56 Å². The molecule has 122 valence electrons. The van der Waals surface area contributed by atoms with Gasteiger partial charge < -0.3 is 15.8 Å². The Bertz CT molecular complexity index is 656. The SMILES string of the molecule is CC1(C)NC(=O)N(CC(=O)OC(C(N)=O)c2ccccc2)C1=O. The highest BCUT2D eigenvalue weighted by Crippen LogP contribution is 2.19. The van der Waals surface area contributed by atoms with E-state index in [1.807, 2.05) is 0 Å². The summed E-state index contributed by atoms with van der Waals surface area (Å²) in [5, 5.41) is 2.44. The Labute approximate surface area is 132 Å². The highest BCUT2D eigenvalue weighted by atomic mass is 16.5. The van der Waals surface area contributed by atoms with Crippen LogP contribution in [0.4, 0.5) is 4.79 Å². The number of rotatable bonds is 5. The fourth-order valence-electron chi connectivity index (χ4n) is 2.18. The Morgan fingerprint density at radius 3 is 2.35 bits per heavy atom. The maximum absolute atomic E-state index is 12.0. The molecule has 1 unspecified atom stereocenters. The lowest BCUT2D eigenvalue weighted by Crippen LogP contribution is -2.41. The zero-order chi connectivity index (χ0) is 17.2. The molecule has 0 spiro atoms. The summed E-state index contributed by atoms with van der Waals surface area (Å²) >= 11 is 0. The third kappa shape index (κ3) is 3.47. The molecule has 0 aromatic heterocycles. The second-order valence-electron chi connectivity index (χ2n) is 5.63. The summed E-state index contributed by atoms with van der Waals surface area (Å²) < 4.78 is 5.04. The fraction of sp³-hybridized carbons (Fsp3) is 0.333.